The number of hydrogen-bond donors (Lipinski definition) is 2. The van der Waals surface area contributed by atoms with E-state index in [1.54, 1.807) is 0 Å². The van der Waals surface area contributed by atoms with Crippen LogP contribution in [0, 0.1) is 5.92 Å². The van der Waals surface area contributed by atoms with Gasteiger partial charge in [0, 0.05) is 18.2 Å². The number of halogens is 1. The first-order valence-electron chi connectivity index (χ1n) is 8.17. The number of piperidine rings is 1. The van der Waals surface area contributed by atoms with E-state index in [-0.39, 0.29) is 30.3 Å². The van der Waals surface area contributed by atoms with Crippen molar-refractivity contribution in [1.82, 2.24) is 5.32 Å². The summed E-state index contributed by atoms with van der Waals surface area (Å²) in [6.07, 6.45) is 4.24. The second kappa shape index (κ2) is 9.11. The summed E-state index contributed by atoms with van der Waals surface area (Å²) in [4.78, 5) is 12.2. The molecule has 0 spiro atoms. The molecule has 2 aliphatic rings. The molecule has 2 heterocycles. The van der Waals surface area contributed by atoms with Gasteiger partial charge in [0.2, 0.25) is 5.91 Å². The van der Waals surface area contributed by atoms with Crippen LogP contribution in [0.15, 0.2) is 24.3 Å². The first kappa shape index (κ1) is 18.0. The SMILES string of the molecule is Cl.O=C(Nc1ccc(OCC2CCCO2)cc1)C1CCNCC1. The van der Waals surface area contributed by atoms with E-state index in [0.717, 1.165) is 56.8 Å². The molecule has 5 nitrogen and oxygen atoms in total. The molecule has 2 saturated heterocycles. The van der Waals surface area contributed by atoms with Crippen molar-refractivity contribution in [3.8, 4) is 5.75 Å². The first-order valence-corrected chi connectivity index (χ1v) is 8.17. The second-order valence-corrected chi connectivity index (χ2v) is 5.98. The Bertz CT molecular complexity index is 483. The van der Waals surface area contributed by atoms with Crippen LogP contribution in [0.1, 0.15) is 25.7 Å². The Kier molecular flexibility index (Phi) is 7.15. The lowest BCUT2D eigenvalue weighted by atomic mass is 9.97. The summed E-state index contributed by atoms with van der Waals surface area (Å²) in [7, 11) is 0. The van der Waals surface area contributed by atoms with Gasteiger partial charge in [0.15, 0.2) is 0 Å². The minimum absolute atomic E-state index is 0. The highest BCUT2D eigenvalue weighted by molar-refractivity contribution is 5.92. The lowest BCUT2D eigenvalue weighted by Crippen LogP contribution is -2.34. The number of hydrogen-bond acceptors (Lipinski definition) is 4. The van der Waals surface area contributed by atoms with E-state index in [0.29, 0.717) is 6.61 Å². The molecule has 0 radical (unpaired) electrons. The van der Waals surface area contributed by atoms with Gasteiger partial charge in [0.1, 0.15) is 12.4 Å². The second-order valence-electron chi connectivity index (χ2n) is 5.98. The third-order valence-corrected chi connectivity index (χ3v) is 4.29. The Balaban J connectivity index is 0.00000192. The van der Waals surface area contributed by atoms with Crippen LogP contribution in [0.2, 0.25) is 0 Å². The van der Waals surface area contributed by atoms with E-state index >= 15 is 0 Å². The Morgan fingerprint density at radius 3 is 2.61 bits per heavy atom. The third kappa shape index (κ3) is 5.37. The van der Waals surface area contributed by atoms with E-state index in [9.17, 15) is 4.79 Å². The van der Waals surface area contributed by atoms with Crippen LogP contribution in [0.5, 0.6) is 5.75 Å². The predicted octanol–water partition coefficient (Wildman–Crippen LogP) is 2.60. The Labute approximate surface area is 143 Å². The van der Waals surface area contributed by atoms with Gasteiger partial charge in [-0.1, -0.05) is 0 Å². The summed E-state index contributed by atoms with van der Waals surface area (Å²) < 4.78 is 11.3. The Morgan fingerprint density at radius 2 is 1.96 bits per heavy atom. The van der Waals surface area contributed by atoms with Gasteiger partial charge in [-0.05, 0) is 63.0 Å². The van der Waals surface area contributed by atoms with Crippen molar-refractivity contribution in [3.63, 3.8) is 0 Å². The number of carbonyl (C=O) groups excluding carboxylic acids is 1. The first-order chi connectivity index (χ1) is 10.8. The van der Waals surface area contributed by atoms with Gasteiger partial charge in [-0.15, -0.1) is 12.4 Å². The minimum Gasteiger partial charge on any atom is -0.491 e. The van der Waals surface area contributed by atoms with Crippen LogP contribution in [-0.2, 0) is 9.53 Å². The topological polar surface area (TPSA) is 59.6 Å². The maximum absolute atomic E-state index is 12.2. The molecule has 128 valence electrons. The van der Waals surface area contributed by atoms with E-state index in [4.69, 9.17) is 9.47 Å². The lowest BCUT2D eigenvalue weighted by Gasteiger charge is -2.21. The summed E-state index contributed by atoms with van der Waals surface area (Å²) in [6.45, 7) is 3.29. The molecule has 0 aromatic heterocycles. The fourth-order valence-electron chi connectivity index (χ4n) is 2.93. The van der Waals surface area contributed by atoms with Crippen molar-refractivity contribution in [1.29, 1.82) is 0 Å². The van der Waals surface area contributed by atoms with Crippen LogP contribution in [-0.4, -0.2) is 38.3 Å². The number of benzene rings is 1. The maximum Gasteiger partial charge on any atom is 0.227 e. The molecule has 1 aromatic rings. The smallest absolute Gasteiger partial charge is 0.227 e. The summed E-state index contributed by atoms with van der Waals surface area (Å²) in [5.74, 6) is 1.06. The zero-order valence-electron chi connectivity index (χ0n) is 13.3. The zero-order valence-corrected chi connectivity index (χ0v) is 14.1. The van der Waals surface area contributed by atoms with Crippen molar-refractivity contribution in [2.75, 3.05) is 31.6 Å². The van der Waals surface area contributed by atoms with Crippen LogP contribution >= 0.6 is 12.4 Å². The van der Waals surface area contributed by atoms with Crippen LogP contribution in [0.4, 0.5) is 5.69 Å². The fourth-order valence-corrected chi connectivity index (χ4v) is 2.93. The molecule has 1 aromatic carbocycles. The van der Waals surface area contributed by atoms with E-state index < -0.39 is 0 Å². The normalized spacial score (nSPS) is 21.5. The van der Waals surface area contributed by atoms with Crippen molar-refractivity contribution in [2.24, 2.45) is 5.92 Å². The zero-order chi connectivity index (χ0) is 15.2. The van der Waals surface area contributed by atoms with Crippen LogP contribution < -0.4 is 15.4 Å². The number of rotatable bonds is 5. The third-order valence-electron chi connectivity index (χ3n) is 4.29. The molecular weight excluding hydrogens is 316 g/mol. The molecule has 2 N–H and O–H groups in total. The summed E-state index contributed by atoms with van der Waals surface area (Å²) in [6, 6.07) is 7.58. The van der Waals surface area contributed by atoms with Gasteiger partial charge < -0.3 is 20.1 Å². The van der Waals surface area contributed by atoms with Gasteiger partial charge in [-0.2, -0.15) is 0 Å². The Hall–Kier alpha value is -1.30. The fraction of sp³-hybridized carbons (Fsp3) is 0.588. The van der Waals surface area contributed by atoms with Gasteiger partial charge in [0.25, 0.3) is 0 Å². The van der Waals surface area contributed by atoms with E-state index in [1.807, 2.05) is 24.3 Å². The monoisotopic (exact) mass is 340 g/mol. The predicted molar refractivity (Wildman–Crippen MR) is 92.4 cm³/mol. The van der Waals surface area contributed by atoms with Crippen molar-refractivity contribution >= 4 is 24.0 Å². The maximum atomic E-state index is 12.2. The number of ether oxygens (including phenoxy) is 2. The van der Waals surface area contributed by atoms with Gasteiger partial charge >= 0.3 is 0 Å². The van der Waals surface area contributed by atoms with Crippen LogP contribution in [0.3, 0.4) is 0 Å². The average molecular weight is 341 g/mol. The molecule has 0 saturated carbocycles. The van der Waals surface area contributed by atoms with Gasteiger partial charge in [0.05, 0.1) is 6.10 Å². The van der Waals surface area contributed by atoms with Crippen molar-refractivity contribution in [3.05, 3.63) is 24.3 Å². The number of amides is 1. The van der Waals surface area contributed by atoms with Gasteiger partial charge in [-0.25, -0.2) is 0 Å². The number of anilines is 1. The van der Waals surface area contributed by atoms with Crippen molar-refractivity contribution < 1.29 is 14.3 Å². The van der Waals surface area contributed by atoms with Crippen LogP contribution in [0.25, 0.3) is 0 Å². The summed E-state index contributed by atoms with van der Waals surface area (Å²) in [5.41, 5.74) is 0.827. The van der Waals surface area contributed by atoms with E-state index in [2.05, 4.69) is 10.6 Å². The van der Waals surface area contributed by atoms with Gasteiger partial charge in [-0.3, -0.25) is 4.79 Å². The molecule has 2 fully saturated rings. The molecule has 6 heteroatoms. The highest BCUT2D eigenvalue weighted by Gasteiger charge is 2.20. The molecular formula is C17H25ClN2O3. The molecule has 1 unspecified atom stereocenters. The quantitative estimate of drug-likeness (QED) is 0.865. The molecule has 23 heavy (non-hydrogen) atoms. The minimum atomic E-state index is 0. The molecule has 0 aliphatic carbocycles. The summed E-state index contributed by atoms with van der Waals surface area (Å²) in [5, 5.41) is 6.26. The highest BCUT2D eigenvalue weighted by atomic mass is 35.5. The molecule has 1 atom stereocenters. The standard InChI is InChI=1S/C17H24N2O3.ClH/c20-17(13-7-9-18-10-8-13)19-14-3-5-15(6-4-14)22-12-16-2-1-11-21-16;/h3-6,13,16,18H,1-2,7-12H2,(H,19,20);1H. The Morgan fingerprint density at radius 1 is 1.22 bits per heavy atom. The van der Waals surface area contributed by atoms with E-state index in [1.165, 1.54) is 0 Å². The molecule has 0 bridgehead atoms. The van der Waals surface area contributed by atoms with Crippen molar-refractivity contribution in [2.45, 2.75) is 31.8 Å². The molecule has 1 amide bonds. The lowest BCUT2D eigenvalue weighted by molar-refractivity contribution is -0.120. The molecule has 3 rings (SSSR count). The molecule has 2 aliphatic heterocycles. The average Bonchev–Trinajstić information content (AvgIpc) is 3.08. The largest absolute Gasteiger partial charge is 0.491 e. The summed E-state index contributed by atoms with van der Waals surface area (Å²) >= 11 is 0. The highest BCUT2D eigenvalue weighted by Crippen LogP contribution is 2.20. The number of carbonyl (C=O) groups is 1. The number of nitrogens with one attached hydrogen (secondary N) is 2.